The molecule has 0 heterocycles. The van der Waals surface area contributed by atoms with Gasteiger partial charge in [0.05, 0.1) is 19.8 Å². The Morgan fingerprint density at radius 1 is 1.33 bits per heavy atom. The second kappa shape index (κ2) is 5.82. The first-order valence-corrected chi connectivity index (χ1v) is 4.68. The summed E-state index contributed by atoms with van der Waals surface area (Å²) in [5.41, 5.74) is -0.269. The van der Waals surface area contributed by atoms with Crippen LogP contribution in [0.15, 0.2) is 12.1 Å². The Hall–Kier alpha value is -2.36. The first kappa shape index (κ1) is 13.7. The van der Waals surface area contributed by atoms with Crippen LogP contribution in [0, 0.1) is 11.3 Å². The third kappa shape index (κ3) is 2.85. The van der Waals surface area contributed by atoms with Gasteiger partial charge in [0.2, 0.25) is 0 Å². The Labute approximate surface area is 101 Å². The number of carbonyl (C=O) groups excluding carboxylic acids is 1. The SMILES string of the molecule is COC(=O)c1cc(OC)c(C#N)c(OC(F)F)c1. The fourth-order valence-electron chi connectivity index (χ4n) is 1.29. The molecule has 7 heteroatoms. The molecule has 0 bridgehead atoms. The standard InChI is InChI=1S/C11H9F2NO4/c1-16-8-3-6(10(15)17-2)4-9(7(8)5-14)18-11(12)13/h3-4,11H,1-2H3. The highest BCUT2D eigenvalue weighted by atomic mass is 19.3. The fourth-order valence-corrected chi connectivity index (χ4v) is 1.29. The number of benzene rings is 1. The minimum absolute atomic E-state index is 0.0453. The Bertz CT molecular complexity index is 497. The molecule has 0 N–H and O–H groups in total. The molecule has 0 atom stereocenters. The summed E-state index contributed by atoms with van der Waals surface area (Å²) in [6.45, 7) is -3.12. The predicted molar refractivity (Wildman–Crippen MR) is 55.7 cm³/mol. The molecule has 0 unspecified atom stereocenters. The van der Waals surface area contributed by atoms with Crippen molar-refractivity contribution in [3.8, 4) is 17.6 Å². The van der Waals surface area contributed by atoms with E-state index in [0.29, 0.717) is 0 Å². The summed E-state index contributed by atoms with van der Waals surface area (Å²) in [7, 11) is 2.38. The van der Waals surface area contributed by atoms with Gasteiger partial charge < -0.3 is 14.2 Å². The van der Waals surface area contributed by atoms with Crippen LogP contribution in [-0.4, -0.2) is 26.8 Å². The molecule has 1 aromatic rings. The van der Waals surface area contributed by atoms with Crippen molar-refractivity contribution in [1.29, 1.82) is 5.26 Å². The summed E-state index contributed by atoms with van der Waals surface area (Å²) in [6.07, 6.45) is 0. The molecular formula is C11H9F2NO4. The molecular weight excluding hydrogens is 248 g/mol. The first-order valence-electron chi connectivity index (χ1n) is 4.68. The molecule has 1 aromatic carbocycles. The van der Waals surface area contributed by atoms with Gasteiger partial charge in [-0.3, -0.25) is 0 Å². The second-order valence-electron chi connectivity index (χ2n) is 3.03. The monoisotopic (exact) mass is 257 g/mol. The normalized spacial score (nSPS) is 9.78. The molecule has 0 spiro atoms. The number of hydrogen-bond donors (Lipinski definition) is 0. The number of carbonyl (C=O) groups is 1. The topological polar surface area (TPSA) is 68.5 Å². The number of hydrogen-bond acceptors (Lipinski definition) is 5. The van der Waals surface area contributed by atoms with Gasteiger partial charge in [-0.25, -0.2) is 4.79 Å². The molecule has 0 saturated carbocycles. The van der Waals surface area contributed by atoms with Crippen molar-refractivity contribution in [3.05, 3.63) is 23.3 Å². The van der Waals surface area contributed by atoms with Crippen molar-refractivity contribution in [2.45, 2.75) is 6.61 Å². The molecule has 0 aliphatic heterocycles. The van der Waals surface area contributed by atoms with E-state index in [2.05, 4.69) is 9.47 Å². The number of nitriles is 1. The van der Waals surface area contributed by atoms with Crippen LogP contribution in [0.3, 0.4) is 0 Å². The van der Waals surface area contributed by atoms with E-state index >= 15 is 0 Å². The van der Waals surface area contributed by atoms with Gasteiger partial charge in [-0.1, -0.05) is 0 Å². The molecule has 0 aromatic heterocycles. The van der Waals surface area contributed by atoms with Crippen molar-refractivity contribution < 1.29 is 27.8 Å². The van der Waals surface area contributed by atoms with Crippen molar-refractivity contribution in [3.63, 3.8) is 0 Å². The molecule has 0 saturated heterocycles. The van der Waals surface area contributed by atoms with E-state index < -0.39 is 18.3 Å². The maximum Gasteiger partial charge on any atom is 0.387 e. The van der Waals surface area contributed by atoms with Crippen LogP contribution in [-0.2, 0) is 4.74 Å². The van der Waals surface area contributed by atoms with Crippen LogP contribution in [0.5, 0.6) is 11.5 Å². The lowest BCUT2D eigenvalue weighted by molar-refractivity contribution is -0.0502. The van der Waals surface area contributed by atoms with Crippen LogP contribution in [0.2, 0.25) is 0 Å². The van der Waals surface area contributed by atoms with Crippen LogP contribution in [0.4, 0.5) is 8.78 Å². The number of methoxy groups -OCH3 is 2. The van der Waals surface area contributed by atoms with Crippen molar-refractivity contribution >= 4 is 5.97 Å². The van der Waals surface area contributed by atoms with E-state index in [1.807, 2.05) is 0 Å². The van der Waals surface area contributed by atoms with Crippen molar-refractivity contribution in [2.75, 3.05) is 14.2 Å². The summed E-state index contributed by atoms with van der Waals surface area (Å²) >= 11 is 0. The molecule has 0 aliphatic rings. The van der Waals surface area contributed by atoms with Crippen LogP contribution in [0.1, 0.15) is 15.9 Å². The Morgan fingerprint density at radius 2 is 1.94 bits per heavy atom. The van der Waals surface area contributed by atoms with Gasteiger partial charge in [0.15, 0.2) is 0 Å². The zero-order valence-corrected chi connectivity index (χ0v) is 9.57. The molecule has 0 aliphatic carbocycles. The number of halogens is 2. The van der Waals surface area contributed by atoms with Gasteiger partial charge in [-0.2, -0.15) is 14.0 Å². The molecule has 0 fully saturated rings. The van der Waals surface area contributed by atoms with E-state index in [9.17, 15) is 13.6 Å². The van der Waals surface area contributed by atoms with Gasteiger partial charge in [-0.15, -0.1) is 0 Å². The summed E-state index contributed by atoms with van der Waals surface area (Å²) in [4.78, 5) is 11.3. The Kier molecular flexibility index (Phi) is 4.43. The van der Waals surface area contributed by atoms with Gasteiger partial charge in [-0.05, 0) is 12.1 Å². The van der Waals surface area contributed by atoms with Gasteiger partial charge >= 0.3 is 12.6 Å². The molecule has 0 radical (unpaired) electrons. The summed E-state index contributed by atoms with van der Waals surface area (Å²) in [5.74, 6) is -1.24. The smallest absolute Gasteiger partial charge is 0.387 e. The second-order valence-corrected chi connectivity index (χ2v) is 3.03. The van der Waals surface area contributed by atoms with E-state index in [0.717, 1.165) is 13.2 Å². The maximum atomic E-state index is 12.2. The molecule has 1 rings (SSSR count). The maximum absolute atomic E-state index is 12.2. The average Bonchev–Trinajstić information content (AvgIpc) is 2.35. The van der Waals surface area contributed by atoms with E-state index in [1.54, 1.807) is 6.07 Å². The summed E-state index contributed by atoms with van der Waals surface area (Å²) in [5, 5.41) is 8.86. The lowest BCUT2D eigenvalue weighted by Crippen LogP contribution is -2.08. The molecule has 96 valence electrons. The van der Waals surface area contributed by atoms with Crippen LogP contribution < -0.4 is 9.47 Å². The third-order valence-electron chi connectivity index (χ3n) is 2.03. The highest BCUT2D eigenvalue weighted by Gasteiger charge is 2.19. The zero-order valence-electron chi connectivity index (χ0n) is 9.57. The number of esters is 1. The molecule has 5 nitrogen and oxygen atoms in total. The van der Waals surface area contributed by atoms with E-state index in [4.69, 9.17) is 10.00 Å². The Morgan fingerprint density at radius 3 is 2.39 bits per heavy atom. The van der Waals surface area contributed by atoms with Gasteiger partial charge in [0, 0.05) is 0 Å². The third-order valence-corrected chi connectivity index (χ3v) is 2.03. The molecule has 18 heavy (non-hydrogen) atoms. The lowest BCUT2D eigenvalue weighted by atomic mass is 10.1. The fraction of sp³-hybridized carbons (Fsp3) is 0.273. The lowest BCUT2D eigenvalue weighted by Gasteiger charge is -2.11. The number of nitrogens with zero attached hydrogens (tertiary/aromatic N) is 1. The zero-order chi connectivity index (χ0) is 13.7. The quantitative estimate of drug-likeness (QED) is 0.771. The summed E-state index contributed by atoms with van der Waals surface area (Å²) in [6, 6.07) is 3.88. The van der Waals surface area contributed by atoms with Gasteiger partial charge in [0.25, 0.3) is 0 Å². The highest BCUT2D eigenvalue weighted by Crippen LogP contribution is 2.31. The van der Waals surface area contributed by atoms with Crippen molar-refractivity contribution in [2.24, 2.45) is 0 Å². The number of rotatable bonds is 4. The predicted octanol–water partition coefficient (Wildman–Crippen LogP) is 1.95. The summed E-state index contributed by atoms with van der Waals surface area (Å²) < 4.78 is 37.9. The average molecular weight is 257 g/mol. The van der Waals surface area contributed by atoms with E-state index in [1.165, 1.54) is 13.2 Å². The number of alkyl halides is 2. The Balaban J connectivity index is 3.36. The highest BCUT2D eigenvalue weighted by molar-refractivity contribution is 5.91. The van der Waals surface area contributed by atoms with Crippen LogP contribution >= 0.6 is 0 Å². The minimum Gasteiger partial charge on any atom is -0.495 e. The number of ether oxygens (including phenoxy) is 3. The minimum atomic E-state index is -3.12. The molecule has 0 amide bonds. The van der Waals surface area contributed by atoms with Crippen LogP contribution in [0.25, 0.3) is 0 Å². The largest absolute Gasteiger partial charge is 0.495 e. The first-order chi connectivity index (χ1) is 8.53. The van der Waals surface area contributed by atoms with Crippen molar-refractivity contribution in [1.82, 2.24) is 0 Å². The van der Waals surface area contributed by atoms with E-state index in [-0.39, 0.29) is 16.9 Å². The van der Waals surface area contributed by atoms with Gasteiger partial charge in [0.1, 0.15) is 23.1 Å².